The van der Waals surface area contributed by atoms with E-state index in [0.29, 0.717) is 0 Å². The Hall–Kier alpha value is -0.780. The summed E-state index contributed by atoms with van der Waals surface area (Å²) in [5, 5.41) is 1.21. The van der Waals surface area contributed by atoms with Crippen molar-refractivity contribution < 1.29 is 0 Å². The molecule has 0 saturated heterocycles. The molecule has 0 fully saturated rings. The molecule has 58 valence electrons. The van der Waals surface area contributed by atoms with E-state index in [4.69, 9.17) is 6.42 Å². The fourth-order valence-electron chi connectivity index (χ4n) is 1.10. The zero-order chi connectivity index (χ0) is 8.55. The van der Waals surface area contributed by atoms with Gasteiger partial charge in [0.25, 0.3) is 0 Å². The predicted molar refractivity (Wildman–Crippen MR) is 57.5 cm³/mol. The highest BCUT2D eigenvalue weighted by Crippen LogP contribution is 2.31. The van der Waals surface area contributed by atoms with Crippen LogP contribution in [0.2, 0.25) is 0 Å². The minimum atomic E-state index is 0.983. The Balaban J connectivity index is 2.85. The van der Waals surface area contributed by atoms with Gasteiger partial charge in [-0.1, -0.05) is 18.1 Å². The lowest BCUT2D eigenvalue weighted by atomic mass is 10.2. The van der Waals surface area contributed by atoms with Gasteiger partial charge in [0.15, 0.2) is 0 Å². The molecule has 1 aromatic heterocycles. The minimum absolute atomic E-state index is 0.983. The topological polar surface area (TPSA) is 0 Å². The minimum Gasteiger partial charge on any atom is -0.125 e. The third-order valence-electron chi connectivity index (χ3n) is 1.64. The number of benzene rings is 1. The molecule has 0 spiro atoms. The number of rotatable bonds is 0. The van der Waals surface area contributed by atoms with Gasteiger partial charge in [0, 0.05) is 9.17 Å². The van der Waals surface area contributed by atoms with E-state index in [2.05, 4.69) is 27.9 Å². The van der Waals surface area contributed by atoms with Crippen LogP contribution in [0.4, 0.5) is 0 Å². The zero-order valence-corrected chi connectivity index (χ0v) is 8.58. The van der Waals surface area contributed by atoms with Crippen LogP contribution in [0.1, 0.15) is 4.88 Å². The summed E-state index contributed by atoms with van der Waals surface area (Å²) in [6, 6.07) is 8.14. The van der Waals surface area contributed by atoms with Crippen molar-refractivity contribution >= 4 is 37.4 Å². The predicted octanol–water partition coefficient (Wildman–Crippen LogP) is 3.65. The molecular weight excluding hydrogens is 232 g/mol. The largest absolute Gasteiger partial charge is 0.125 e. The van der Waals surface area contributed by atoms with Crippen molar-refractivity contribution in [3.63, 3.8) is 0 Å². The van der Waals surface area contributed by atoms with Crippen LogP contribution < -0.4 is 0 Å². The first kappa shape index (κ1) is 7.85. The average molecular weight is 237 g/mol. The Labute approximate surface area is 83.4 Å². The standard InChI is InChI=1S/C10H5BrS/c1-2-8-6-7-4-3-5-9(11)10(7)12-8/h1,3-6H. The van der Waals surface area contributed by atoms with Crippen molar-refractivity contribution in [2.75, 3.05) is 0 Å². The van der Waals surface area contributed by atoms with Crippen LogP contribution in [0, 0.1) is 12.3 Å². The molecule has 2 rings (SSSR count). The molecule has 0 N–H and O–H groups in total. The molecule has 12 heavy (non-hydrogen) atoms. The van der Waals surface area contributed by atoms with Gasteiger partial charge in [-0.15, -0.1) is 17.8 Å². The first-order valence-electron chi connectivity index (χ1n) is 3.46. The smallest absolute Gasteiger partial charge is 0.0778 e. The van der Waals surface area contributed by atoms with E-state index in [1.54, 1.807) is 11.3 Å². The molecule has 0 bridgehead atoms. The lowest BCUT2D eigenvalue weighted by Crippen LogP contribution is -1.62. The second-order valence-electron chi connectivity index (χ2n) is 2.41. The van der Waals surface area contributed by atoms with Gasteiger partial charge in [0.2, 0.25) is 0 Å². The van der Waals surface area contributed by atoms with Gasteiger partial charge >= 0.3 is 0 Å². The molecular formula is C10H5BrS. The molecule has 0 unspecified atom stereocenters. The SMILES string of the molecule is C#Cc1cc2cccc(Br)c2s1. The van der Waals surface area contributed by atoms with Crippen molar-refractivity contribution in [3.05, 3.63) is 33.6 Å². The molecule has 2 heteroatoms. The zero-order valence-electron chi connectivity index (χ0n) is 6.17. The highest BCUT2D eigenvalue weighted by atomic mass is 79.9. The monoisotopic (exact) mass is 236 g/mol. The number of halogens is 1. The van der Waals surface area contributed by atoms with Crippen LogP contribution in [-0.4, -0.2) is 0 Å². The molecule has 0 aliphatic rings. The Morgan fingerprint density at radius 3 is 2.92 bits per heavy atom. The molecule has 1 aromatic carbocycles. The summed E-state index contributed by atoms with van der Waals surface area (Å²) >= 11 is 5.12. The van der Waals surface area contributed by atoms with Crippen LogP contribution >= 0.6 is 27.3 Å². The van der Waals surface area contributed by atoms with Gasteiger partial charge in [-0.25, -0.2) is 0 Å². The number of hydrogen-bond acceptors (Lipinski definition) is 1. The lowest BCUT2D eigenvalue weighted by molar-refractivity contribution is 1.79. The van der Waals surface area contributed by atoms with E-state index in [0.717, 1.165) is 9.35 Å². The van der Waals surface area contributed by atoms with E-state index in [1.165, 1.54) is 10.1 Å². The summed E-state index contributed by atoms with van der Waals surface area (Å²) in [7, 11) is 0. The lowest BCUT2D eigenvalue weighted by Gasteiger charge is -1.89. The fourth-order valence-corrected chi connectivity index (χ4v) is 2.60. The summed E-state index contributed by atoms with van der Waals surface area (Å²) in [5.41, 5.74) is 0. The maximum Gasteiger partial charge on any atom is 0.0778 e. The number of terminal acetylenes is 1. The number of fused-ring (bicyclic) bond motifs is 1. The average Bonchev–Trinajstić information content (AvgIpc) is 2.49. The number of hydrogen-bond donors (Lipinski definition) is 0. The quantitative estimate of drug-likeness (QED) is 0.613. The van der Waals surface area contributed by atoms with E-state index in [-0.39, 0.29) is 0 Å². The normalized spacial score (nSPS) is 10.0. The molecule has 0 aliphatic heterocycles. The Morgan fingerprint density at radius 2 is 2.25 bits per heavy atom. The van der Waals surface area contributed by atoms with Crippen molar-refractivity contribution in [3.8, 4) is 12.3 Å². The Morgan fingerprint density at radius 1 is 1.42 bits per heavy atom. The Bertz CT molecular complexity index is 462. The maximum absolute atomic E-state index is 5.31. The van der Waals surface area contributed by atoms with Crippen LogP contribution in [0.5, 0.6) is 0 Å². The first-order valence-corrected chi connectivity index (χ1v) is 5.07. The van der Waals surface area contributed by atoms with Gasteiger partial charge in [-0.3, -0.25) is 0 Å². The molecule has 0 atom stereocenters. The Kier molecular flexibility index (Phi) is 1.92. The van der Waals surface area contributed by atoms with Crippen molar-refractivity contribution in [2.45, 2.75) is 0 Å². The molecule has 0 nitrogen and oxygen atoms in total. The summed E-state index contributed by atoms with van der Waals surface area (Å²) in [6.45, 7) is 0. The third kappa shape index (κ3) is 1.16. The highest BCUT2D eigenvalue weighted by molar-refractivity contribution is 9.10. The van der Waals surface area contributed by atoms with E-state index >= 15 is 0 Å². The van der Waals surface area contributed by atoms with Gasteiger partial charge in [-0.2, -0.15) is 0 Å². The first-order chi connectivity index (χ1) is 5.81. The van der Waals surface area contributed by atoms with Crippen LogP contribution in [0.15, 0.2) is 28.7 Å². The molecule has 0 aliphatic carbocycles. The van der Waals surface area contributed by atoms with Gasteiger partial charge in [0.05, 0.1) is 4.88 Å². The summed E-state index contributed by atoms with van der Waals surface area (Å²) in [4.78, 5) is 0.983. The second-order valence-corrected chi connectivity index (χ2v) is 4.32. The van der Waals surface area contributed by atoms with Gasteiger partial charge < -0.3 is 0 Å². The number of thiophene rings is 1. The second kappa shape index (κ2) is 2.93. The van der Waals surface area contributed by atoms with E-state index in [9.17, 15) is 0 Å². The highest BCUT2D eigenvalue weighted by Gasteiger charge is 2.01. The summed E-state index contributed by atoms with van der Waals surface area (Å²) in [5.74, 6) is 2.64. The molecule has 2 aromatic rings. The third-order valence-corrected chi connectivity index (χ3v) is 3.68. The fraction of sp³-hybridized carbons (Fsp3) is 0. The van der Waals surface area contributed by atoms with E-state index in [1.807, 2.05) is 18.2 Å². The molecule has 0 saturated carbocycles. The van der Waals surface area contributed by atoms with Gasteiger partial charge in [-0.05, 0) is 33.4 Å². The van der Waals surface area contributed by atoms with Crippen LogP contribution in [-0.2, 0) is 0 Å². The summed E-state index contributed by atoms with van der Waals surface area (Å²) in [6.07, 6.45) is 5.31. The summed E-state index contributed by atoms with van der Waals surface area (Å²) < 4.78 is 2.34. The van der Waals surface area contributed by atoms with Crippen molar-refractivity contribution in [1.82, 2.24) is 0 Å². The van der Waals surface area contributed by atoms with Crippen molar-refractivity contribution in [2.24, 2.45) is 0 Å². The molecule has 1 heterocycles. The van der Waals surface area contributed by atoms with E-state index < -0.39 is 0 Å². The van der Waals surface area contributed by atoms with Crippen LogP contribution in [0.3, 0.4) is 0 Å². The van der Waals surface area contributed by atoms with Crippen LogP contribution in [0.25, 0.3) is 10.1 Å². The van der Waals surface area contributed by atoms with Crippen molar-refractivity contribution in [1.29, 1.82) is 0 Å². The maximum atomic E-state index is 5.31. The van der Waals surface area contributed by atoms with Gasteiger partial charge in [0.1, 0.15) is 0 Å². The molecule has 0 amide bonds. The molecule has 0 radical (unpaired) electrons.